The van der Waals surface area contributed by atoms with Gasteiger partial charge in [-0.25, -0.2) is 0 Å². The summed E-state index contributed by atoms with van der Waals surface area (Å²) >= 11 is 9.19. The molecule has 1 heterocycles. The number of hydrogen-bond acceptors (Lipinski definition) is 2. The Labute approximate surface area is 122 Å². The van der Waals surface area contributed by atoms with Gasteiger partial charge in [-0.3, -0.25) is 4.90 Å². The van der Waals surface area contributed by atoms with E-state index < -0.39 is 0 Å². The smallest absolute Gasteiger partial charge is 1.00 e. The Morgan fingerprint density at radius 1 is 1.36 bits per heavy atom. The van der Waals surface area contributed by atoms with Crippen LogP contribution in [0.5, 0.6) is 0 Å². The molecule has 2 nitrogen and oxygen atoms in total. The minimum Gasteiger partial charge on any atom is -1.00 e. The molecule has 0 aromatic carbocycles. The van der Waals surface area contributed by atoms with E-state index in [2.05, 4.69) is 29.4 Å². The Morgan fingerprint density at radius 3 is 2.36 bits per heavy atom. The van der Waals surface area contributed by atoms with Crippen LogP contribution in [0.25, 0.3) is 0 Å². The van der Waals surface area contributed by atoms with E-state index in [-0.39, 0.29) is 31.0 Å². The second-order valence-electron chi connectivity index (χ2n) is 3.46. The molecule has 0 atom stereocenters. The SMILES string of the molecule is CCCCN1CCN(C(=S)S)CC1.[H-].[Na+]. The van der Waals surface area contributed by atoms with Crippen LogP contribution in [0.15, 0.2) is 0 Å². The molecule has 5 heteroatoms. The Balaban J connectivity index is 0. The average Bonchev–Trinajstić information content (AvgIpc) is 2.15. The Hall–Kier alpha value is 1.20. The standard InChI is InChI=1S/C9H18N2S2.Na.H/c1-2-3-4-10-5-7-11(8-6-10)9(12)13;;/h2-8H2,1H3,(H,12,13);;/q;+1;-1. The van der Waals surface area contributed by atoms with E-state index in [0.29, 0.717) is 0 Å². The average molecular weight is 242 g/mol. The predicted octanol–water partition coefficient (Wildman–Crippen LogP) is -1.26. The second-order valence-corrected chi connectivity index (χ2v) is 4.58. The molecule has 0 aromatic rings. The van der Waals surface area contributed by atoms with Crippen molar-refractivity contribution in [3.8, 4) is 0 Å². The number of thiocarbonyl (C=S) groups is 1. The van der Waals surface area contributed by atoms with E-state index in [4.69, 9.17) is 12.2 Å². The summed E-state index contributed by atoms with van der Waals surface area (Å²) in [7, 11) is 0. The largest absolute Gasteiger partial charge is 1.00 e. The fraction of sp³-hybridized carbons (Fsp3) is 0.889. The molecular weight excluding hydrogens is 223 g/mol. The van der Waals surface area contributed by atoms with Crippen molar-refractivity contribution < 1.29 is 31.0 Å². The molecule has 1 aliphatic heterocycles. The van der Waals surface area contributed by atoms with Crippen molar-refractivity contribution in [2.75, 3.05) is 32.7 Å². The maximum absolute atomic E-state index is 5.01. The number of nitrogens with zero attached hydrogens (tertiary/aromatic N) is 2. The first-order valence-electron chi connectivity index (χ1n) is 4.94. The van der Waals surface area contributed by atoms with Crippen molar-refractivity contribution in [1.29, 1.82) is 0 Å². The van der Waals surface area contributed by atoms with Crippen LogP contribution in [0.2, 0.25) is 0 Å². The molecule has 0 aliphatic carbocycles. The molecule has 0 unspecified atom stereocenters. The van der Waals surface area contributed by atoms with Crippen molar-refractivity contribution in [1.82, 2.24) is 9.80 Å². The molecule has 0 spiro atoms. The summed E-state index contributed by atoms with van der Waals surface area (Å²) in [4.78, 5) is 4.67. The van der Waals surface area contributed by atoms with Gasteiger partial charge in [-0.05, 0) is 13.0 Å². The van der Waals surface area contributed by atoms with Gasteiger partial charge in [0, 0.05) is 26.2 Å². The number of hydrogen-bond donors (Lipinski definition) is 1. The van der Waals surface area contributed by atoms with Gasteiger partial charge in [-0.1, -0.05) is 25.6 Å². The fourth-order valence-electron chi connectivity index (χ4n) is 1.54. The maximum Gasteiger partial charge on any atom is 1.00 e. The normalized spacial score (nSPS) is 17.7. The summed E-state index contributed by atoms with van der Waals surface area (Å²) in [5.41, 5.74) is 0. The Morgan fingerprint density at radius 2 is 1.93 bits per heavy atom. The van der Waals surface area contributed by atoms with Gasteiger partial charge >= 0.3 is 29.6 Å². The molecule has 0 N–H and O–H groups in total. The first-order chi connectivity index (χ1) is 6.24. The zero-order valence-electron chi connectivity index (χ0n) is 10.2. The molecule has 1 fully saturated rings. The van der Waals surface area contributed by atoms with E-state index in [1.54, 1.807) is 0 Å². The monoisotopic (exact) mass is 242 g/mol. The van der Waals surface area contributed by atoms with Crippen LogP contribution in [0.4, 0.5) is 0 Å². The molecule has 0 bridgehead atoms. The van der Waals surface area contributed by atoms with E-state index in [9.17, 15) is 0 Å². The van der Waals surface area contributed by atoms with Gasteiger partial charge in [-0.2, -0.15) is 0 Å². The minimum atomic E-state index is 0. The topological polar surface area (TPSA) is 6.48 Å². The van der Waals surface area contributed by atoms with Crippen LogP contribution in [-0.4, -0.2) is 46.8 Å². The summed E-state index contributed by atoms with van der Waals surface area (Å²) in [6.45, 7) is 7.85. The van der Waals surface area contributed by atoms with Gasteiger partial charge in [0.25, 0.3) is 0 Å². The van der Waals surface area contributed by atoms with Crippen molar-refractivity contribution in [2.24, 2.45) is 0 Å². The number of thiol groups is 1. The van der Waals surface area contributed by atoms with Crippen molar-refractivity contribution in [3.63, 3.8) is 0 Å². The predicted molar refractivity (Wildman–Crippen MR) is 65.6 cm³/mol. The molecule has 14 heavy (non-hydrogen) atoms. The summed E-state index contributed by atoms with van der Waals surface area (Å²) in [5, 5.41) is 0. The van der Waals surface area contributed by atoms with E-state index in [1.807, 2.05) is 0 Å². The molecule has 1 aliphatic rings. The molecule has 1 saturated heterocycles. The van der Waals surface area contributed by atoms with E-state index >= 15 is 0 Å². The summed E-state index contributed by atoms with van der Waals surface area (Å²) < 4.78 is 0.746. The van der Waals surface area contributed by atoms with Gasteiger partial charge in [-0.15, -0.1) is 12.6 Å². The molecular formula is C9H19N2NaS2. The van der Waals surface area contributed by atoms with Gasteiger partial charge < -0.3 is 6.33 Å². The first-order valence-corrected chi connectivity index (χ1v) is 5.80. The first kappa shape index (κ1) is 15.2. The zero-order valence-corrected chi connectivity index (χ0v) is 12.9. The van der Waals surface area contributed by atoms with Crippen LogP contribution in [0, 0.1) is 0 Å². The van der Waals surface area contributed by atoms with Crippen LogP contribution in [-0.2, 0) is 0 Å². The Kier molecular flexibility index (Phi) is 9.08. The Bertz CT molecular complexity index is 175. The third-order valence-corrected chi connectivity index (χ3v) is 3.01. The quantitative estimate of drug-likeness (QED) is 0.375. The number of rotatable bonds is 3. The van der Waals surface area contributed by atoms with Crippen LogP contribution in [0.3, 0.4) is 0 Å². The number of piperazine rings is 1. The molecule has 0 saturated carbocycles. The van der Waals surface area contributed by atoms with Crippen molar-refractivity contribution in [3.05, 3.63) is 0 Å². The fourth-order valence-corrected chi connectivity index (χ4v) is 1.93. The summed E-state index contributed by atoms with van der Waals surface area (Å²) in [6, 6.07) is 0. The van der Waals surface area contributed by atoms with E-state index in [0.717, 1.165) is 30.5 Å². The van der Waals surface area contributed by atoms with Crippen molar-refractivity contribution >= 4 is 29.2 Å². The number of unbranched alkanes of at least 4 members (excludes halogenated alkanes) is 1. The van der Waals surface area contributed by atoms with Gasteiger partial charge in [0.15, 0.2) is 0 Å². The van der Waals surface area contributed by atoms with Gasteiger partial charge in [0.05, 0.1) is 0 Å². The van der Waals surface area contributed by atoms with Gasteiger partial charge in [0.2, 0.25) is 0 Å². The summed E-state index contributed by atoms with van der Waals surface area (Å²) in [5.74, 6) is 0. The molecule has 0 aromatic heterocycles. The zero-order chi connectivity index (χ0) is 9.68. The maximum atomic E-state index is 5.01. The van der Waals surface area contributed by atoms with Crippen LogP contribution >= 0.6 is 24.8 Å². The molecule has 0 radical (unpaired) electrons. The van der Waals surface area contributed by atoms with Gasteiger partial charge in [0.1, 0.15) is 4.32 Å². The third-order valence-electron chi connectivity index (χ3n) is 2.47. The molecule has 0 amide bonds. The van der Waals surface area contributed by atoms with Crippen LogP contribution in [0.1, 0.15) is 21.2 Å². The van der Waals surface area contributed by atoms with Crippen molar-refractivity contribution in [2.45, 2.75) is 19.8 Å². The third kappa shape index (κ3) is 5.33. The molecule has 78 valence electrons. The molecule has 1 rings (SSSR count). The van der Waals surface area contributed by atoms with Crippen LogP contribution < -0.4 is 29.6 Å². The van der Waals surface area contributed by atoms with E-state index in [1.165, 1.54) is 19.4 Å². The minimum absolute atomic E-state index is 0. The second kappa shape index (κ2) is 8.36. The summed E-state index contributed by atoms with van der Waals surface area (Å²) in [6.07, 6.45) is 2.59.